The van der Waals surface area contributed by atoms with Gasteiger partial charge >= 0.3 is 0 Å². The molecule has 0 bridgehead atoms. The fourth-order valence-corrected chi connectivity index (χ4v) is 4.10. The lowest BCUT2D eigenvalue weighted by Crippen LogP contribution is -2.29. The number of hydrogen-bond acceptors (Lipinski definition) is 4. The molecular formula is C17H25NO3S. The van der Waals surface area contributed by atoms with Gasteiger partial charge in [0.1, 0.15) is 0 Å². The van der Waals surface area contributed by atoms with E-state index in [1.54, 1.807) is 12.1 Å². The van der Waals surface area contributed by atoms with Gasteiger partial charge < -0.3 is 10.1 Å². The maximum atomic E-state index is 11.4. The molecule has 1 saturated heterocycles. The van der Waals surface area contributed by atoms with Crippen LogP contribution >= 0.6 is 0 Å². The molecule has 1 aromatic rings. The average Bonchev–Trinajstić information content (AvgIpc) is 3.27. The van der Waals surface area contributed by atoms with Gasteiger partial charge in [0, 0.05) is 6.26 Å². The Kier molecular flexibility index (Phi) is 4.85. The van der Waals surface area contributed by atoms with Crippen molar-refractivity contribution in [2.45, 2.75) is 30.8 Å². The molecule has 122 valence electrons. The Labute approximate surface area is 133 Å². The standard InChI is InChI=1S/C17H25NO3S/c1-22(19,20)16-4-2-13(3-5-16)11-21-12-15-10-17(15)14-6-8-18-9-7-14/h2-5,14-15,17-18H,6-12H2,1H3. The van der Waals surface area contributed by atoms with Crippen LogP contribution in [0.3, 0.4) is 0 Å². The van der Waals surface area contributed by atoms with Crippen molar-refractivity contribution in [3.63, 3.8) is 0 Å². The van der Waals surface area contributed by atoms with Crippen molar-refractivity contribution in [1.29, 1.82) is 0 Å². The zero-order chi connectivity index (χ0) is 15.6. The van der Waals surface area contributed by atoms with Crippen molar-refractivity contribution in [3.8, 4) is 0 Å². The van der Waals surface area contributed by atoms with Crippen molar-refractivity contribution >= 4 is 9.84 Å². The van der Waals surface area contributed by atoms with Crippen LogP contribution in [-0.2, 0) is 21.2 Å². The van der Waals surface area contributed by atoms with Gasteiger partial charge in [-0.15, -0.1) is 0 Å². The van der Waals surface area contributed by atoms with Crippen molar-refractivity contribution in [1.82, 2.24) is 5.32 Å². The summed E-state index contributed by atoms with van der Waals surface area (Å²) in [6, 6.07) is 6.99. The lowest BCUT2D eigenvalue weighted by atomic mass is 9.92. The number of ether oxygens (including phenoxy) is 1. The summed E-state index contributed by atoms with van der Waals surface area (Å²) >= 11 is 0. The van der Waals surface area contributed by atoms with Crippen LogP contribution < -0.4 is 5.32 Å². The van der Waals surface area contributed by atoms with Gasteiger partial charge in [0.05, 0.1) is 18.1 Å². The van der Waals surface area contributed by atoms with E-state index in [1.165, 1.54) is 38.6 Å². The second kappa shape index (κ2) is 6.69. The third kappa shape index (κ3) is 4.09. The third-order valence-corrected chi connectivity index (χ3v) is 6.05. The van der Waals surface area contributed by atoms with Crippen LogP contribution in [0, 0.1) is 17.8 Å². The highest BCUT2D eigenvalue weighted by Gasteiger charge is 2.42. The van der Waals surface area contributed by atoms with Crippen LogP contribution in [0.25, 0.3) is 0 Å². The molecule has 2 aliphatic rings. The molecule has 0 radical (unpaired) electrons. The molecule has 1 saturated carbocycles. The van der Waals surface area contributed by atoms with Crippen LogP contribution in [0.15, 0.2) is 29.2 Å². The minimum Gasteiger partial charge on any atom is -0.376 e. The Bertz CT molecular complexity index is 591. The van der Waals surface area contributed by atoms with Crippen LogP contribution in [-0.4, -0.2) is 34.4 Å². The highest BCUT2D eigenvalue weighted by atomic mass is 32.2. The van der Waals surface area contributed by atoms with E-state index in [4.69, 9.17) is 4.74 Å². The van der Waals surface area contributed by atoms with Gasteiger partial charge in [0.2, 0.25) is 0 Å². The molecule has 0 aromatic heterocycles. The molecular weight excluding hydrogens is 298 g/mol. The Morgan fingerprint density at radius 1 is 1.18 bits per heavy atom. The molecule has 1 heterocycles. The topological polar surface area (TPSA) is 55.4 Å². The summed E-state index contributed by atoms with van der Waals surface area (Å²) in [5.41, 5.74) is 1.03. The van der Waals surface area contributed by atoms with Crippen molar-refractivity contribution < 1.29 is 13.2 Å². The van der Waals surface area contributed by atoms with Crippen LogP contribution in [0.5, 0.6) is 0 Å². The summed E-state index contributed by atoms with van der Waals surface area (Å²) in [5, 5.41) is 3.42. The fourth-order valence-electron chi connectivity index (χ4n) is 3.47. The molecule has 1 aromatic carbocycles. The highest BCUT2D eigenvalue weighted by Crippen LogP contribution is 2.47. The number of piperidine rings is 1. The summed E-state index contributed by atoms with van der Waals surface area (Å²) in [6.45, 7) is 3.74. The minimum atomic E-state index is -3.11. The lowest BCUT2D eigenvalue weighted by Gasteiger charge is -2.22. The molecule has 2 unspecified atom stereocenters. The molecule has 0 spiro atoms. The van der Waals surface area contributed by atoms with E-state index in [9.17, 15) is 8.42 Å². The van der Waals surface area contributed by atoms with E-state index >= 15 is 0 Å². The van der Waals surface area contributed by atoms with Gasteiger partial charge in [0.15, 0.2) is 9.84 Å². The SMILES string of the molecule is CS(=O)(=O)c1ccc(COCC2CC2C2CCNCC2)cc1. The number of hydrogen-bond donors (Lipinski definition) is 1. The molecule has 22 heavy (non-hydrogen) atoms. The molecule has 2 atom stereocenters. The fraction of sp³-hybridized carbons (Fsp3) is 0.647. The number of sulfone groups is 1. The highest BCUT2D eigenvalue weighted by molar-refractivity contribution is 7.90. The molecule has 0 amide bonds. The quantitative estimate of drug-likeness (QED) is 0.872. The van der Waals surface area contributed by atoms with Crippen LogP contribution in [0.2, 0.25) is 0 Å². The molecule has 5 heteroatoms. The van der Waals surface area contributed by atoms with Crippen LogP contribution in [0.1, 0.15) is 24.8 Å². The predicted octanol–water partition coefficient (Wildman–Crippen LogP) is 2.24. The second-order valence-electron chi connectivity index (χ2n) is 6.68. The van der Waals surface area contributed by atoms with Crippen molar-refractivity contribution in [2.24, 2.45) is 17.8 Å². The Hall–Kier alpha value is -0.910. The first-order chi connectivity index (χ1) is 10.5. The summed E-state index contributed by atoms with van der Waals surface area (Å²) in [7, 11) is -3.11. The van der Waals surface area contributed by atoms with Gasteiger partial charge in [-0.2, -0.15) is 0 Å². The van der Waals surface area contributed by atoms with E-state index in [0.717, 1.165) is 29.9 Å². The summed E-state index contributed by atoms with van der Waals surface area (Å²) in [4.78, 5) is 0.365. The second-order valence-corrected chi connectivity index (χ2v) is 8.69. The Morgan fingerprint density at radius 2 is 1.86 bits per heavy atom. The molecule has 2 fully saturated rings. The largest absolute Gasteiger partial charge is 0.376 e. The first-order valence-electron chi connectivity index (χ1n) is 8.11. The van der Waals surface area contributed by atoms with E-state index in [-0.39, 0.29) is 0 Å². The van der Waals surface area contributed by atoms with Crippen molar-refractivity contribution in [3.05, 3.63) is 29.8 Å². The molecule has 4 nitrogen and oxygen atoms in total. The zero-order valence-electron chi connectivity index (χ0n) is 13.1. The number of benzene rings is 1. The molecule has 1 aliphatic carbocycles. The summed E-state index contributed by atoms with van der Waals surface area (Å²) < 4.78 is 28.6. The zero-order valence-corrected chi connectivity index (χ0v) is 13.9. The first kappa shape index (κ1) is 16.0. The first-order valence-corrected chi connectivity index (χ1v) is 10.0. The van der Waals surface area contributed by atoms with Gasteiger partial charge in [0.25, 0.3) is 0 Å². The maximum absolute atomic E-state index is 11.4. The number of nitrogens with one attached hydrogen (secondary N) is 1. The molecule has 1 N–H and O–H groups in total. The van der Waals surface area contributed by atoms with E-state index in [0.29, 0.717) is 11.5 Å². The van der Waals surface area contributed by atoms with E-state index in [2.05, 4.69) is 5.32 Å². The Balaban J connectivity index is 1.40. The van der Waals surface area contributed by atoms with E-state index < -0.39 is 9.84 Å². The monoisotopic (exact) mass is 323 g/mol. The smallest absolute Gasteiger partial charge is 0.175 e. The molecule has 1 aliphatic heterocycles. The number of rotatable bonds is 6. The average molecular weight is 323 g/mol. The van der Waals surface area contributed by atoms with Crippen LogP contribution in [0.4, 0.5) is 0 Å². The predicted molar refractivity (Wildman–Crippen MR) is 86.4 cm³/mol. The lowest BCUT2D eigenvalue weighted by molar-refractivity contribution is 0.104. The third-order valence-electron chi connectivity index (χ3n) is 4.92. The van der Waals surface area contributed by atoms with Gasteiger partial charge in [-0.05, 0) is 67.8 Å². The van der Waals surface area contributed by atoms with Gasteiger partial charge in [-0.25, -0.2) is 8.42 Å². The maximum Gasteiger partial charge on any atom is 0.175 e. The van der Waals surface area contributed by atoms with Gasteiger partial charge in [-0.1, -0.05) is 12.1 Å². The summed E-state index contributed by atoms with van der Waals surface area (Å²) in [6.07, 6.45) is 5.17. The molecule has 3 rings (SSSR count). The normalized spacial score (nSPS) is 26.0. The van der Waals surface area contributed by atoms with Crippen molar-refractivity contribution in [2.75, 3.05) is 26.0 Å². The summed E-state index contributed by atoms with van der Waals surface area (Å²) in [5.74, 6) is 2.50. The Morgan fingerprint density at radius 3 is 2.50 bits per heavy atom. The van der Waals surface area contributed by atoms with Gasteiger partial charge in [-0.3, -0.25) is 0 Å². The minimum absolute atomic E-state index is 0.365. The van der Waals surface area contributed by atoms with E-state index in [1.807, 2.05) is 12.1 Å².